The van der Waals surface area contributed by atoms with Gasteiger partial charge in [0.2, 0.25) is 0 Å². The number of carbonyl (C=O) groups is 1. The molecule has 7 heteroatoms. The number of halogens is 1. The van der Waals surface area contributed by atoms with Crippen LogP contribution in [0.15, 0.2) is 0 Å². The molecule has 6 nitrogen and oxygen atoms in total. The fourth-order valence-electron chi connectivity index (χ4n) is 1.09. The van der Waals surface area contributed by atoms with Gasteiger partial charge in [-0.3, -0.25) is 4.79 Å². The van der Waals surface area contributed by atoms with Gasteiger partial charge in [0.25, 0.3) is 0 Å². The molecule has 0 aliphatic carbocycles. The Morgan fingerprint density at radius 2 is 1.53 bits per heavy atom. The van der Waals surface area contributed by atoms with Gasteiger partial charge in [-0.2, -0.15) is 0 Å². The van der Waals surface area contributed by atoms with Crippen molar-refractivity contribution in [3.05, 3.63) is 0 Å². The lowest BCUT2D eigenvalue weighted by Crippen LogP contribution is -3.00. The van der Waals surface area contributed by atoms with Gasteiger partial charge in [-0.05, 0) is 6.42 Å². The second kappa shape index (κ2) is 13.2. The highest BCUT2D eigenvalue weighted by molar-refractivity contribution is 5.82. The van der Waals surface area contributed by atoms with E-state index < -0.39 is 12.2 Å². The van der Waals surface area contributed by atoms with Crippen LogP contribution in [0.5, 0.6) is 0 Å². The Bertz CT molecular complexity index is 217. The van der Waals surface area contributed by atoms with E-state index in [9.17, 15) is 9.90 Å². The maximum atomic E-state index is 11.2. The number of likely N-dealkylation sites (N-methyl/N-ethyl adjacent to an activating group) is 1. The molecule has 0 bridgehead atoms. The van der Waals surface area contributed by atoms with E-state index in [1.54, 1.807) is 0 Å². The molecule has 0 aromatic rings. The molecule has 1 unspecified atom stereocenters. The highest BCUT2D eigenvalue weighted by Gasteiger charge is 2.21. The van der Waals surface area contributed by atoms with Crippen molar-refractivity contribution in [2.24, 2.45) is 0 Å². The van der Waals surface area contributed by atoms with Crippen molar-refractivity contribution in [3.8, 4) is 0 Å². The van der Waals surface area contributed by atoms with E-state index in [2.05, 4.69) is 0 Å². The van der Waals surface area contributed by atoms with Gasteiger partial charge in [0, 0.05) is 6.42 Å². The smallest absolute Gasteiger partial charge is 0.167 e. The average molecular weight is 393 g/mol. The van der Waals surface area contributed by atoms with Gasteiger partial charge in [0.05, 0.1) is 34.4 Å². The first kappa shape index (κ1) is 24.2. The zero-order valence-electron chi connectivity index (χ0n) is 12.2. The standard InChI is InChI=1S/C9H20NO2.C3H8O3.HI/c1-5-6-8(11)9(12)7-10(2,3)4;4-1-3(6)2-5;/h9,12H,5-7H2,1-4H3;3-6H,1-2H2;1H/q+1;;/p-1. The monoisotopic (exact) mass is 393 g/mol. The number of nitrogens with zero attached hydrogens (tertiary/aromatic N) is 1. The molecule has 0 heterocycles. The number of quaternary nitrogens is 1. The lowest BCUT2D eigenvalue weighted by Gasteiger charge is -2.26. The van der Waals surface area contributed by atoms with E-state index in [0.717, 1.165) is 6.42 Å². The fraction of sp³-hybridized carbons (Fsp3) is 0.917. The Kier molecular flexibility index (Phi) is 16.8. The van der Waals surface area contributed by atoms with Crippen LogP contribution in [0, 0.1) is 0 Å². The van der Waals surface area contributed by atoms with Crippen LogP contribution in [0.1, 0.15) is 19.8 Å². The van der Waals surface area contributed by atoms with Crippen molar-refractivity contribution in [1.29, 1.82) is 0 Å². The molecule has 0 saturated heterocycles. The quantitative estimate of drug-likeness (QED) is 0.260. The number of hydrogen-bond acceptors (Lipinski definition) is 5. The van der Waals surface area contributed by atoms with Gasteiger partial charge in [-0.25, -0.2) is 0 Å². The normalized spacial score (nSPS) is 12.3. The van der Waals surface area contributed by atoms with E-state index in [1.807, 2.05) is 28.1 Å². The number of carbonyl (C=O) groups excluding carboxylic acids is 1. The van der Waals surface area contributed by atoms with E-state index in [1.165, 1.54) is 0 Å². The summed E-state index contributed by atoms with van der Waals surface area (Å²) in [6.45, 7) is 1.71. The topological polar surface area (TPSA) is 98.0 Å². The molecular weight excluding hydrogens is 365 g/mol. The molecule has 0 aromatic heterocycles. The molecule has 1 atom stereocenters. The molecule has 4 N–H and O–H groups in total. The molecule has 0 saturated carbocycles. The van der Waals surface area contributed by atoms with Crippen LogP contribution < -0.4 is 24.0 Å². The molecule has 0 fully saturated rings. The second-order valence-corrected chi connectivity index (χ2v) is 5.22. The molecule has 19 heavy (non-hydrogen) atoms. The molecule has 0 aliphatic heterocycles. The Morgan fingerprint density at radius 1 is 1.11 bits per heavy atom. The fourth-order valence-corrected chi connectivity index (χ4v) is 1.09. The van der Waals surface area contributed by atoms with Gasteiger partial charge in [0.1, 0.15) is 12.6 Å². The van der Waals surface area contributed by atoms with E-state index in [0.29, 0.717) is 17.4 Å². The largest absolute Gasteiger partial charge is 1.00 e. The molecule has 0 aliphatic rings. The summed E-state index contributed by atoms with van der Waals surface area (Å²) in [4.78, 5) is 11.2. The van der Waals surface area contributed by atoms with Crippen molar-refractivity contribution >= 4 is 5.78 Å². The lowest BCUT2D eigenvalue weighted by atomic mass is 10.1. The average Bonchev–Trinajstić information content (AvgIpc) is 2.27. The number of aliphatic hydroxyl groups is 4. The molecule has 118 valence electrons. The summed E-state index contributed by atoms with van der Waals surface area (Å²) >= 11 is 0. The Balaban J connectivity index is -0.000000313. The number of Topliss-reactive ketones (excluding diaryl/α,β-unsaturated/α-hetero) is 1. The van der Waals surface area contributed by atoms with Crippen molar-refractivity contribution in [2.45, 2.75) is 32.0 Å². The second-order valence-electron chi connectivity index (χ2n) is 5.22. The van der Waals surface area contributed by atoms with Gasteiger partial charge in [-0.15, -0.1) is 0 Å². The predicted octanol–water partition coefficient (Wildman–Crippen LogP) is -4.24. The minimum absolute atomic E-state index is 0. The zero-order chi connectivity index (χ0) is 14.8. The SMILES string of the molecule is CCCC(=O)C(O)C[N+](C)(C)C.OCC(O)CO.[I-]. The third-order valence-electron chi connectivity index (χ3n) is 2.01. The summed E-state index contributed by atoms with van der Waals surface area (Å²) in [6.07, 6.45) is -0.441. The third-order valence-corrected chi connectivity index (χ3v) is 2.01. The maximum absolute atomic E-state index is 11.2. The highest BCUT2D eigenvalue weighted by atomic mass is 127. The first-order chi connectivity index (χ1) is 8.17. The van der Waals surface area contributed by atoms with Crippen LogP contribution in [0.2, 0.25) is 0 Å². The van der Waals surface area contributed by atoms with Crippen LogP contribution >= 0.6 is 0 Å². The number of aliphatic hydroxyl groups excluding tert-OH is 4. The summed E-state index contributed by atoms with van der Waals surface area (Å²) in [6, 6.07) is 0. The summed E-state index contributed by atoms with van der Waals surface area (Å²) in [5, 5.41) is 33.4. The van der Waals surface area contributed by atoms with Crippen molar-refractivity contribution in [3.63, 3.8) is 0 Å². The van der Waals surface area contributed by atoms with E-state index >= 15 is 0 Å². The van der Waals surface area contributed by atoms with Crippen molar-refractivity contribution in [2.75, 3.05) is 40.9 Å². The summed E-state index contributed by atoms with van der Waals surface area (Å²) in [7, 11) is 5.88. The Labute approximate surface area is 132 Å². The van der Waals surface area contributed by atoms with Crippen LogP contribution in [0.4, 0.5) is 0 Å². The first-order valence-corrected chi connectivity index (χ1v) is 6.08. The molecule has 0 amide bonds. The minimum Gasteiger partial charge on any atom is -1.00 e. The van der Waals surface area contributed by atoms with Crippen LogP contribution in [0.25, 0.3) is 0 Å². The third kappa shape index (κ3) is 18.2. The van der Waals surface area contributed by atoms with Crippen molar-refractivity contribution < 1.29 is 53.7 Å². The summed E-state index contributed by atoms with van der Waals surface area (Å²) in [5.41, 5.74) is 0. The maximum Gasteiger partial charge on any atom is 0.167 e. The summed E-state index contributed by atoms with van der Waals surface area (Å²) in [5.74, 6) is -0.0365. The van der Waals surface area contributed by atoms with Gasteiger partial charge < -0.3 is 48.9 Å². The van der Waals surface area contributed by atoms with Crippen LogP contribution in [0.3, 0.4) is 0 Å². The molecule has 0 rings (SSSR count). The number of rotatable bonds is 7. The first-order valence-electron chi connectivity index (χ1n) is 6.08. The minimum atomic E-state index is -0.954. The van der Waals surface area contributed by atoms with Gasteiger partial charge >= 0.3 is 0 Å². The highest BCUT2D eigenvalue weighted by Crippen LogP contribution is 2.00. The predicted molar refractivity (Wildman–Crippen MR) is 69.0 cm³/mol. The molecule has 0 spiro atoms. The van der Waals surface area contributed by atoms with E-state index in [-0.39, 0.29) is 43.0 Å². The van der Waals surface area contributed by atoms with Crippen molar-refractivity contribution in [1.82, 2.24) is 0 Å². The summed E-state index contributed by atoms with van der Waals surface area (Å²) < 4.78 is 0.622. The Morgan fingerprint density at radius 3 is 1.74 bits per heavy atom. The molecular formula is C12H28INO5. The lowest BCUT2D eigenvalue weighted by molar-refractivity contribution is -0.872. The number of hydrogen-bond donors (Lipinski definition) is 4. The zero-order valence-corrected chi connectivity index (χ0v) is 14.4. The Hall–Kier alpha value is 0.200. The number of ketones is 1. The molecule has 0 radical (unpaired) electrons. The van der Waals surface area contributed by atoms with Crippen LogP contribution in [-0.2, 0) is 4.79 Å². The van der Waals surface area contributed by atoms with Crippen LogP contribution in [-0.4, -0.2) is 83.8 Å². The molecule has 0 aromatic carbocycles. The van der Waals surface area contributed by atoms with Gasteiger partial charge in [-0.1, -0.05) is 6.92 Å². The van der Waals surface area contributed by atoms with E-state index in [4.69, 9.17) is 15.3 Å². The van der Waals surface area contributed by atoms with Gasteiger partial charge in [0.15, 0.2) is 11.9 Å².